The lowest BCUT2D eigenvalue weighted by Crippen LogP contribution is -1.95. The van der Waals surface area contributed by atoms with Crippen molar-refractivity contribution in [1.82, 2.24) is 0 Å². The van der Waals surface area contributed by atoms with Crippen LogP contribution in [0, 0.1) is 17.5 Å². The molecule has 0 radical (unpaired) electrons. The lowest BCUT2D eigenvalue weighted by molar-refractivity contribution is 0.584. The molecule has 0 amide bonds. The molecule has 2 nitrogen and oxygen atoms in total. The minimum atomic E-state index is -0.646. The summed E-state index contributed by atoms with van der Waals surface area (Å²) >= 11 is 0. The zero-order valence-corrected chi connectivity index (χ0v) is 9.54. The predicted octanol–water partition coefficient (Wildman–Crippen LogP) is 2.83. The van der Waals surface area contributed by atoms with E-state index in [2.05, 4.69) is 0 Å². The van der Waals surface area contributed by atoms with Crippen LogP contribution in [0.4, 0.5) is 18.9 Å². The van der Waals surface area contributed by atoms with Crippen molar-refractivity contribution in [1.29, 1.82) is 0 Å². The Morgan fingerprint density at radius 1 is 0.833 bits per heavy atom. The topological polar surface area (TPSA) is 52.0 Å². The van der Waals surface area contributed by atoms with Crippen LogP contribution >= 0.6 is 0 Å². The van der Waals surface area contributed by atoms with Gasteiger partial charge in [0, 0.05) is 18.3 Å². The monoisotopic (exact) mass is 254 g/mol. The highest BCUT2D eigenvalue weighted by Gasteiger charge is 1.94. The smallest absolute Gasteiger partial charge is 0.128 e. The number of benzene rings is 2. The van der Waals surface area contributed by atoms with Gasteiger partial charge < -0.3 is 11.5 Å². The Bertz CT molecular complexity index is 465. The van der Waals surface area contributed by atoms with Gasteiger partial charge in [0.2, 0.25) is 0 Å². The molecule has 2 rings (SSSR count). The summed E-state index contributed by atoms with van der Waals surface area (Å²) in [7, 11) is 0. The number of hydrogen-bond donors (Lipinski definition) is 2. The van der Waals surface area contributed by atoms with E-state index in [1.54, 1.807) is 12.1 Å². The average molecular weight is 254 g/mol. The fourth-order valence-corrected chi connectivity index (χ4v) is 1.24. The fraction of sp³-hybridized carbons (Fsp3) is 0.0769. The van der Waals surface area contributed by atoms with E-state index in [1.165, 1.54) is 12.1 Å². The van der Waals surface area contributed by atoms with Gasteiger partial charge in [0.25, 0.3) is 0 Å². The van der Waals surface area contributed by atoms with E-state index in [1.807, 2.05) is 0 Å². The first-order chi connectivity index (χ1) is 8.51. The van der Waals surface area contributed by atoms with E-state index in [0.29, 0.717) is 6.54 Å². The van der Waals surface area contributed by atoms with Crippen LogP contribution in [0.3, 0.4) is 0 Å². The molecule has 0 aliphatic rings. The van der Waals surface area contributed by atoms with Gasteiger partial charge in [-0.05, 0) is 29.8 Å². The second kappa shape index (κ2) is 6.66. The van der Waals surface area contributed by atoms with Crippen molar-refractivity contribution in [3.05, 3.63) is 65.5 Å². The van der Waals surface area contributed by atoms with Crippen LogP contribution in [0.1, 0.15) is 5.56 Å². The quantitative estimate of drug-likeness (QED) is 0.769. The third-order valence-electron chi connectivity index (χ3n) is 2.01. The van der Waals surface area contributed by atoms with E-state index >= 15 is 0 Å². The number of halogens is 3. The van der Waals surface area contributed by atoms with E-state index in [9.17, 15) is 13.2 Å². The molecule has 0 atom stereocenters. The first kappa shape index (κ1) is 14.1. The van der Waals surface area contributed by atoms with Gasteiger partial charge in [0.15, 0.2) is 0 Å². The van der Waals surface area contributed by atoms with Crippen LogP contribution in [0.2, 0.25) is 0 Å². The summed E-state index contributed by atoms with van der Waals surface area (Å²) in [6, 6.07) is 9.17. The Balaban J connectivity index is 0.000000180. The summed E-state index contributed by atoms with van der Waals surface area (Å²) in [5.41, 5.74) is 11.3. The Morgan fingerprint density at radius 2 is 1.44 bits per heavy atom. The summed E-state index contributed by atoms with van der Waals surface area (Å²) < 4.78 is 36.5. The second-order valence-electron chi connectivity index (χ2n) is 3.54. The van der Waals surface area contributed by atoms with Gasteiger partial charge >= 0.3 is 0 Å². The van der Waals surface area contributed by atoms with Gasteiger partial charge in [0.05, 0.1) is 0 Å². The molecule has 0 spiro atoms. The van der Waals surface area contributed by atoms with Crippen molar-refractivity contribution in [3.63, 3.8) is 0 Å². The van der Waals surface area contributed by atoms with Crippen molar-refractivity contribution in [2.75, 3.05) is 5.73 Å². The third-order valence-corrected chi connectivity index (χ3v) is 2.01. The number of rotatable bonds is 1. The van der Waals surface area contributed by atoms with Gasteiger partial charge in [-0.3, -0.25) is 0 Å². The number of hydrogen-bond acceptors (Lipinski definition) is 2. The van der Waals surface area contributed by atoms with Crippen LogP contribution < -0.4 is 11.5 Å². The highest BCUT2D eigenvalue weighted by molar-refractivity contribution is 5.37. The average Bonchev–Trinajstić information content (AvgIpc) is 2.27. The van der Waals surface area contributed by atoms with Crippen LogP contribution in [0.25, 0.3) is 0 Å². The Hall–Kier alpha value is -2.01. The van der Waals surface area contributed by atoms with Crippen molar-refractivity contribution >= 4 is 5.69 Å². The Kier molecular flexibility index (Phi) is 5.20. The van der Waals surface area contributed by atoms with Crippen LogP contribution in [0.5, 0.6) is 0 Å². The highest BCUT2D eigenvalue weighted by Crippen LogP contribution is 2.07. The van der Waals surface area contributed by atoms with Crippen LogP contribution in [-0.4, -0.2) is 0 Å². The molecule has 0 aliphatic heterocycles. The number of anilines is 1. The van der Waals surface area contributed by atoms with Crippen molar-refractivity contribution in [2.24, 2.45) is 5.73 Å². The van der Waals surface area contributed by atoms with Gasteiger partial charge in [-0.25, -0.2) is 13.2 Å². The molecule has 0 saturated heterocycles. The molecular formula is C13H13F3N2. The van der Waals surface area contributed by atoms with Gasteiger partial charge in [-0.2, -0.15) is 0 Å². The predicted molar refractivity (Wildman–Crippen MR) is 65.1 cm³/mol. The van der Waals surface area contributed by atoms with Gasteiger partial charge in [0.1, 0.15) is 17.5 Å². The van der Waals surface area contributed by atoms with Gasteiger partial charge in [-0.15, -0.1) is 0 Å². The summed E-state index contributed by atoms with van der Waals surface area (Å²) in [5.74, 6) is -1.52. The molecule has 4 N–H and O–H groups in total. The second-order valence-corrected chi connectivity index (χ2v) is 3.54. The molecule has 0 fully saturated rings. The maximum Gasteiger partial charge on any atom is 0.128 e. The lowest BCUT2D eigenvalue weighted by atomic mass is 10.2. The lowest BCUT2D eigenvalue weighted by Gasteiger charge is -1.92. The van der Waals surface area contributed by atoms with Crippen molar-refractivity contribution in [3.8, 4) is 0 Å². The summed E-state index contributed by atoms with van der Waals surface area (Å²) in [6.45, 7) is 0.401. The molecule has 2 aromatic carbocycles. The summed E-state index contributed by atoms with van der Waals surface area (Å²) in [5, 5.41) is 0. The molecular weight excluding hydrogens is 241 g/mol. The minimum absolute atomic E-state index is 0.104. The highest BCUT2D eigenvalue weighted by atomic mass is 19.1. The van der Waals surface area contributed by atoms with Gasteiger partial charge in [-0.1, -0.05) is 12.1 Å². The molecule has 0 aliphatic carbocycles. The third kappa shape index (κ3) is 4.88. The Morgan fingerprint density at radius 3 is 1.83 bits per heavy atom. The van der Waals surface area contributed by atoms with E-state index in [4.69, 9.17) is 11.5 Å². The molecule has 96 valence electrons. The first-order valence-electron chi connectivity index (χ1n) is 5.17. The molecule has 5 heteroatoms. The Labute approximate surface area is 103 Å². The molecule has 0 saturated carbocycles. The largest absolute Gasteiger partial charge is 0.399 e. The zero-order valence-electron chi connectivity index (χ0n) is 9.54. The molecule has 0 aromatic heterocycles. The normalized spacial score (nSPS) is 9.56. The fourth-order valence-electron chi connectivity index (χ4n) is 1.24. The zero-order chi connectivity index (χ0) is 13.5. The summed E-state index contributed by atoms with van der Waals surface area (Å²) in [6.07, 6.45) is 0. The first-order valence-corrected chi connectivity index (χ1v) is 5.17. The summed E-state index contributed by atoms with van der Waals surface area (Å²) in [4.78, 5) is 0. The maximum atomic E-state index is 12.3. The molecule has 0 unspecified atom stereocenters. The van der Waals surface area contributed by atoms with Crippen LogP contribution in [0.15, 0.2) is 42.5 Å². The maximum absolute atomic E-state index is 12.3. The van der Waals surface area contributed by atoms with Crippen molar-refractivity contribution in [2.45, 2.75) is 6.54 Å². The number of nitrogens with two attached hydrogens (primary N) is 2. The molecule has 2 aromatic rings. The molecule has 18 heavy (non-hydrogen) atoms. The SMILES string of the molecule is NCc1cccc(F)c1.Nc1cc(F)cc(F)c1. The molecule has 0 heterocycles. The standard InChI is InChI=1S/C7H8FN.C6H5F2N/c8-7-3-1-2-6(4-7)5-9;7-4-1-5(8)3-6(9)2-4/h1-4H,5,9H2;1-3H,9H2. The minimum Gasteiger partial charge on any atom is -0.399 e. The number of nitrogen functional groups attached to an aromatic ring is 1. The van der Waals surface area contributed by atoms with E-state index < -0.39 is 11.6 Å². The molecule has 0 bridgehead atoms. The van der Waals surface area contributed by atoms with E-state index in [0.717, 1.165) is 23.8 Å². The van der Waals surface area contributed by atoms with E-state index in [-0.39, 0.29) is 11.5 Å². The van der Waals surface area contributed by atoms with Crippen LogP contribution in [-0.2, 0) is 6.54 Å². The van der Waals surface area contributed by atoms with Crippen molar-refractivity contribution < 1.29 is 13.2 Å².